The number of halogens is 4. The number of hydrogen-bond donors (Lipinski definition) is 1. The van der Waals surface area contributed by atoms with E-state index in [-0.39, 0.29) is 6.04 Å². The molecule has 1 aromatic heterocycles. The summed E-state index contributed by atoms with van der Waals surface area (Å²) in [6.45, 7) is 0. The Morgan fingerprint density at radius 3 is 2.44 bits per heavy atom. The predicted molar refractivity (Wildman–Crippen MR) is 84.4 cm³/mol. The molecule has 0 saturated carbocycles. The molecule has 1 heterocycles. The summed E-state index contributed by atoms with van der Waals surface area (Å²) in [6, 6.07) is 7.53. The van der Waals surface area contributed by atoms with Crippen molar-refractivity contribution in [1.29, 1.82) is 0 Å². The summed E-state index contributed by atoms with van der Waals surface area (Å²) in [6.07, 6.45) is 0. The van der Waals surface area contributed by atoms with Gasteiger partial charge in [0.15, 0.2) is 0 Å². The van der Waals surface area contributed by atoms with Crippen molar-refractivity contribution in [3.8, 4) is 0 Å². The van der Waals surface area contributed by atoms with E-state index in [0.29, 0.717) is 13.7 Å². The number of benzene rings is 1. The van der Waals surface area contributed by atoms with Gasteiger partial charge in [0.2, 0.25) is 0 Å². The van der Waals surface area contributed by atoms with Crippen LogP contribution in [-0.2, 0) is 0 Å². The molecule has 1 N–H and O–H groups in total. The number of hydrogen-bond acceptors (Lipinski definition) is 2. The molecule has 0 amide bonds. The largest absolute Gasteiger partial charge is 0.309 e. The van der Waals surface area contributed by atoms with Crippen LogP contribution in [-0.4, -0.2) is 7.05 Å². The maximum atomic E-state index is 6.25. The van der Waals surface area contributed by atoms with E-state index in [1.165, 1.54) is 11.3 Å². The van der Waals surface area contributed by atoms with Gasteiger partial charge in [-0.25, -0.2) is 0 Å². The van der Waals surface area contributed by atoms with Crippen molar-refractivity contribution >= 4 is 62.1 Å². The first-order valence-corrected chi connectivity index (χ1v) is 7.84. The number of rotatable bonds is 3. The molecule has 2 rings (SSSR count). The Hall–Kier alpha value is 0.230. The van der Waals surface area contributed by atoms with Gasteiger partial charge < -0.3 is 5.32 Å². The normalized spacial score (nSPS) is 12.7. The van der Waals surface area contributed by atoms with E-state index in [0.717, 1.165) is 15.6 Å². The third-order valence-electron chi connectivity index (χ3n) is 2.55. The van der Waals surface area contributed by atoms with Crippen LogP contribution in [0.1, 0.15) is 17.2 Å². The fourth-order valence-electron chi connectivity index (χ4n) is 1.76. The second kappa shape index (κ2) is 6.12. The molecule has 18 heavy (non-hydrogen) atoms. The van der Waals surface area contributed by atoms with Crippen molar-refractivity contribution in [2.75, 3.05) is 7.05 Å². The van der Waals surface area contributed by atoms with E-state index in [9.17, 15) is 0 Å². The van der Waals surface area contributed by atoms with E-state index in [1.54, 1.807) is 0 Å². The van der Waals surface area contributed by atoms with Gasteiger partial charge in [0.1, 0.15) is 0 Å². The van der Waals surface area contributed by atoms with Crippen LogP contribution in [0.2, 0.25) is 13.7 Å². The minimum Gasteiger partial charge on any atom is -0.309 e. The molecule has 0 aliphatic heterocycles. The highest BCUT2D eigenvalue weighted by Gasteiger charge is 2.20. The topological polar surface area (TPSA) is 12.0 Å². The zero-order valence-electron chi connectivity index (χ0n) is 9.31. The summed E-state index contributed by atoms with van der Waals surface area (Å²) < 4.78 is 2.32. The van der Waals surface area contributed by atoms with Crippen molar-refractivity contribution in [2.24, 2.45) is 0 Å². The zero-order chi connectivity index (χ0) is 13.3. The molecule has 6 heteroatoms. The third-order valence-corrected chi connectivity index (χ3v) is 4.91. The van der Waals surface area contributed by atoms with Crippen LogP contribution in [0, 0.1) is 0 Å². The lowest BCUT2D eigenvalue weighted by Crippen LogP contribution is -2.17. The molecule has 0 spiro atoms. The maximum absolute atomic E-state index is 6.25. The lowest BCUT2D eigenvalue weighted by Gasteiger charge is -2.18. The van der Waals surface area contributed by atoms with Gasteiger partial charge in [0.05, 0.1) is 14.7 Å². The zero-order valence-corrected chi connectivity index (χ0v) is 14.0. The van der Waals surface area contributed by atoms with Gasteiger partial charge in [-0.3, -0.25) is 0 Å². The molecular weight excluding hydrogens is 376 g/mol. The summed E-state index contributed by atoms with van der Waals surface area (Å²) in [5.41, 5.74) is 1.90. The number of thiophene rings is 1. The van der Waals surface area contributed by atoms with Crippen molar-refractivity contribution in [3.63, 3.8) is 0 Å². The molecule has 0 aliphatic rings. The molecule has 2 aromatic rings. The molecule has 0 aliphatic carbocycles. The van der Waals surface area contributed by atoms with Crippen molar-refractivity contribution < 1.29 is 0 Å². The van der Waals surface area contributed by atoms with Gasteiger partial charge in [-0.15, -0.1) is 11.3 Å². The Bertz CT molecular complexity index is 570. The highest BCUT2D eigenvalue weighted by Crippen LogP contribution is 2.39. The van der Waals surface area contributed by atoms with Crippen LogP contribution in [0.25, 0.3) is 0 Å². The first kappa shape index (κ1) is 14.6. The fraction of sp³-hybridized carbons (Fsp3) is 0.167. The second-order valence-corrected chi connectivity index (χ2v) is 7.28. The Morgan fingerprint density at radius 2 is 1.89 bits per heavy atom. The van der Waals surface area contributed by atoms with E-state index < -0.39 is 0 Å². The van der Waals surface area contributed by atoms with Crippen LogP contribution in [0.15, 0.2) is 28.7 Å². The third kappa shape index (κ3) is 3.03. The highest BCUT2D eigenvalue weighted by atomic mass is 79.9. The molecule has 0 radical (unpaired) electrons. The summed E-state index contributed by atoms with van der Waals surface area (Å²) in [5, 5.41) is 3.91. The Kier molecular flexibility index (Phi) is 4.98. The molecule has 0 saturated heterocycles. The fourth-order valence-corrected chi connectivity index (χ4v) is 3.90. The average Bonchev–Trinajstić information content (AvgIpc) is 2.64. The smallest absolute Gasteiger partial charge is 0.0995 e. The van der Waals surface area contributed by atoms with Gasteiger partial charge in [-0.2, -0.15) is 0 Å². The molecule has 96 valence electrons. The number of nitrogens with one attached hydrogen (secondary N) is 1. The van der Waals surface area contributed by atoms with E-state index in [1.807, 2.05) is 31.3 Å². The van der Waals surface area contributed by atoms with E-state index in [4.69, 9.17) is 34.8 Å². The van der Waals surface area contributed by atoms with Crippen LogP contribution in [0.4, 0.5) is 0 Å². The van der Waals surface area contributed by atoms with Crippen LogP contribution >= 0.6 is 62.1 Å². The van der Waals surface area contributed by atoms with Crippen LogP contribution < -0.4 is 5.32 Å². The standard InChI is InChI=1S/C12H9BrCl3NS/c1-17-11(8-5-10(15)18-12(8)16)7-4-6(13)2-3-9(7)14/h2-5,11,17H,1H3. The Labute approximate surface area is 133 Å². The maximum Gasteiger partial charge on any atom is 0.0995 e. The quantitative estimate of drug-likeness (QED) is 0.706. The van der Waals surface area contributed by atoms with Crippen LogP contribution in [0.5, 0.6) is 0 Å². The summed E-state index contributed by atoms with van der Waals surface area (Å²) in [5.74, 6) is 0. The molecule has 1 unspecified atom stereocenters. The molecule has 0 fully saturated rings. The van der Waals surface area contributed by atoms with Crippen molar-refractivity contribution in [2.45, 2.75) is 6.04 Å². The van der Waals surface area contributed by atoms with Crippen LogP contribution in [0.3, 0.4) is 0 Å². The monoisotopic (exact) mass is 383 g/mol. The Morgan fingerprint density at radius 1 is 1.17 bits per heavy atom. The summed E-state index contributed by atoms with van der Waals surface area (Å²) in [7, 11) is 1.86. The molecule has 1 nitrogen and oxygen atoms in total. The highest BCUT2D eigenvalue weighted by molar-refractivity contribution is 9.10. The van der Waals surface area contributed by atoms with Gasteiger partial charge in [0.25, 0.3) is 0 Å². The minimum atomic E-state index is -0.0775. The second-order valence-electron chi connectivity index (χ2n) is 3.67. The van der Waals surface area contributed by atoms with Crippen molar-refractivity contribution in [3.05, 3.63) is 53.6 Å². The molecule has 0 bridgehead atoms. The van der Waals surface area contributed by atoms with Gasteiger partial charge in [-0.1, -0.05) is 50.7 Å². The SMILES string of the molecule is CNC(c1cc(Br)ccc1Cl)c1cc(Cl)sc1Cl. The lowest BCUT2D eigenvalue weighted by molar-refractivity contribution is 0.694. The average molecular weight is 386 g/mol. The lowest BCUT2D eigenvalue weighted by atomic mass is 10.0. The molecule has 1 aromatic carbocycles. The molecule has 1 atom stereocenters. The van der Waals surface area contributed by atoms with Crippen molar-refractivity contribution in [1.82, 2.24) is 5.32 Å². The predicted octanol–water partition coefficient (Wildman–Crippen LogP) is 5.78. The first-order valence-electron chi connectivity index (χ1n) is 5.10. The molecular formula is C12H9BrCl3NS. The van der Waals surface area contributed by atoms with E-state index in [2.05, 4.69) is 21.2 Å². The summed E-state index contributed by atoms with van der Waals surface area (Å²) in [4.78, 5) is 0. The van der Waals surface area contributed by atoms with Gasteiger partial charge >= 0.3 is 0 Å². The van der Waals surface area contributed by atoms with Gasteiger partial charge in [0, 0.05) is 15.1 Å². The minimum absolute atomic E-state index is 0.0775. The van der Waals surface area contributed by atoms with Gasteiger partial charge in [-0.05, 0) is 36.9 Å². The summed E-state index contributed by atoms with van der Waals surface area (Å²) >= 11 is 23.2. The Balaban J connectivity index is 2.51. The first-order chi connectivity index (χ1) is 8.52. The van der Waals surface area contributed by atoms with E-state index >= 15 is 0 Å².